The Labute approximate surface area is 718 Å². The van der Waals surface area contributed by atoms with Crippen LogP contribution in [0.1, 0.15) is 203 Å². The van der Waals surface area contributed by atoms with Crippen LogP contribution >= 0.6 is 39.1 Å². The van der Waals surface area contributed by atoms with E-state index in [-0.39, 0.29) is 76.8 Å². The number of fused-ring (bicyclic) bond motifs is 7. The minimum absolute atomic E-state index is 0.0436. The van der Waals surface area contributed by atoms with Gasteiger partial charge in [-0.15, -0.1) is 0 Å². The number of nitrogens with one attached hydrogen (secondary N) is 7. The molecule has 22 nitrogen and oxygen atoms in total. The fraction of sp³-hybridized carbons (Fsp3) is 0.400. The highest BCUT2D eigenvalue weighted by atomic mass is 79.9. The summed E-state index contributed by atoms with van der Waals surface area (Å²) in [5, 5.41) is 5.35. The number of benzene rings is 7. The summed E-state index contributed by atoms with van der Waals surface area (Å²) in [4.78, 5) is 138. The highest BCUT2D eigenvalue weighted by molar-refractivity contribution is 9.10. The van der Waals surface area contributed by atoms with Gasteiger partial charge in [0.1, 0.15) is 40.8 Å². The zero-order valence-corrected chi connectivity index (χ0v) is 76.7. The Morgan fingerprint density at radius 3 is 0.825 bits per heavy atom. The summed E-state index contributed by atoms with van der Waals surface area (Å²) in [6.45, 7) is 57.4. The number of H-pyrrole nitrogens is 7. The average molecular weight is 1730 g/mol. The van der Waals surface area contributed by atoms with Crippen LogP contribution in [0, 0.1) is 65.2 Å². The molecule has 0 saturated carbocycles. The SMILES string of the molecule is CC(C)(C)Cc1nc2cc(Cl)ccc2c(=O)[nH]1.CC(C)(C)Cc1nc2ccc(Br)cc2c(=O)[nH]1.CC(C)(C)Cc1nc2ccc(Cl)cc2c(=O)[nH]1.Cc1ccc2c(=O)[nH]c(CC(C)(C)C)nc2c1.Cc1ccc2nc(CC(C)(C)C)[nH]c(=O)c2c1.Cc1ccc2nc(CC(C)(C)C)[nH]c(=O)c2c1.[C-]#[N+]c1ccc2nc(CC(C)(C)C)[nH]c(=O)c2c1. The summed E-state index contributed by atoms with van der Waals surface area (Å²) in [6, 6.07) is 38.1. The topological polar surface area (TPSA) is 325 Å². The van der Waals surface area contributed by atoms with Crippen molar-refractivity contribution in [2.75, 3.05) is 0 Å². The molecule has 0 spiro atoms. The maximum Gasteiger partial charge on any atom is 0.258 e. The molecule has 0 atom stereocenters. The second-order valence-corrected chi connectivity index (χ2v) is 40.9. The van der Waals surface area contributed by atoms with E-state index >= 15 is 0 Å². The van der Waals surface area contributed by atoms with Crippen LogP contribution in [0.3, 0.4) is 0 Å². The first kappa shape index (κ1) is 94.6. The highest BCUT2D eigenvalue weighted by Crippen LogP contribution is 2.28. The van der Waals surface area contributed by atoms with Gasteiger partial charge in [0.05, 0.1) is 82.9 Å². The summed E-state index contributed by atoms with van der Waals surface area (Å²) in [5.74, 6) is 5.15. The van der Waals surface area contributed by atoms with Crippen molar-refractivity contribution in [1.29, 1.82) is 0 Å². The number of hydrogen-bond donors (Lipinski definition) is 7. The monoisotopic (exact) mass is 1730 g/mol. The van der Waals surface area contributed by atoms with Crippen LogP contribution in [0.25, 0.3) is 81.2 Å². The van der Waals surface area contributed by atoms with E-state index in [1.807, 2.05) is 87.5 Å². The number of aromatic nitrogens is 14. The Morgan fingerprint density at radius 2 is 0.500 bits per heavy atom. The van der Waals surface area contributed by atoms with Crippen molar-refractivity contribution >= 4 is 121 Å². The van der Waals surface area contributed by atoms with E-state index in [1.165, 1.54) is 0 Å². The average Bonchev–Trinajstić information content (AvgIpc) is 0.832. The number of aromatic amines is 7. The molecule has 14 aromatic rings. The molecule has 7 heterocycles. The summed E-state index contributed by atoms with van der Waals surface area (Å²) >= 11 is 15.1. The molecule has 0 aliphatic heterocycles. The van der Waals surface area contributed by atoms with Gasteiger partial charge >= 0.3 is 0 Å². The first-order valence-electron chi connectivity index (χ1n) is 39.9. The summed E-state index contributed by atoms with van der Waals surface area (Å²) in [5.41, 5.74) is 8.91. The number of aryl methyl sites for hydroxylation is 3. The lowest BCUT2D eigenvalue weighted by Gasteiger charge is -2.17. The van der Waals surface area contributed by atoms with Gasteiger partial charge in [0, 0.05) is 59.5 Å². The second-order valence-electron chi connectivity index (χ2n) is 39.1. The van der Waals surface area contributed by atoms with Gasteiger partial charge in [-0.1, -0.05) is 220 Å². The molecule has 0 aliphatic rings. The minimum atomic E-state index is -0.176. The van der Waals surface area contributed by atoms with Crippen LogP contribution in [0.2, 0.25) is 10.0 Å². The number of halogens is 3. The van der Waals surface area contributed by atoms with Gasteiger partial charge < -0.3 is 34.9 Å². The quantitative estimate of drug-likeness (QED) is 0.0730. The molecule has 0 unspecified atom stereocenters. The Hall–Kier alpha value is -10.9. The molecule has 0 amide bonds. The molecule has 0 bridgehead atoms. The largest absolute Gasteiger partial charge is 0.310 e. The molecular formula is C95H114BrCl2N15O7. The van der Waals surface area contributed by atoms with Crippen molar-refractivity contribution in [3.8, 4) is 0 Å². The molecule has 25 heteroatoms. The zero-order valence-electron chi connectivity index (χ0n) is 73.6. The molecule has 0 radical (unpaired) electrons. The van der Waals surface area contributed by atoms with E-state index < -0.39 is 0 Å². The third-order valence-electron chi connectivity index (χ3n) is 17.6. The fourth-order valence-corrected chi connectivity index (χ4v) is 13.4. The molecule has 7 N–H and O–H groups in total. The molecule has 632 valence electrons. The van der Waals surface area contributed by atoms with Crippen LogP contribution in [0.4, 0.5) is 5.69 Å². The standard InChI is InChI=1S/C14H15N3O.3C14H18N2O.C13H15BrN2O.2C13H15ClN2O/c1-14(2,3)8-12-16-11-6-5-9(15-4)7-10(11)13(18)17-12;2*1-9-5-6-11-10(7-9)13(17)16-12(15-11)8-14(2,3)4;1-9-5-6-10-11(7-9)15-12(16-13(10)17)8-14(2,3)4;2*1-13(2,3)7-11-15-10-5-4-8(14)6-9(10)12(17)16-11;1-13(2,3)7-11-15-10-6-8(14)4-5-9(10)12(17)16-11/h5-7H,8H2,1-3H3,(H,16,17,18);3*5-7H,8H2,1-4H3,(H,15,16,17);3*4-6H,7H2,1-3H3,(H,15,16,17). The molecular weight excluding hydrogens is 1610 g/mol. The van der Waals surface area contributed by atoms with Crippen molar-refractivity contribution in [1.82, 2.24) is 69.8 Å². The Morgan fingerprint density at radius 1 is 0.275 bits per heavy atom. The van der Waals surface area contributed by atoms with E-state index in [0.717, 1.165) is 111 Å². The highest BCUT2D eigenvalue weighted by Gasteiger charge is 2.22. The van der Waals surface area contributed by atoms with Crippen LogP contribution in [-0.4, -0.2) is 69.8 Å². The van der Waals surface area contributed by atoms with Gasteiger partial charge in [0.2, 0.25) is 0 Å². The Kier molecular flexibility index (Phi) is 30.4. The predicted molar refractivity (Wildman–Crippen MR) is 497 cm³/mol. The van der Waals surface area contributed by atoms with E-state index in [1.54, 1.807) is 60.7 Å². The fourth-order valence-electron chi connectivity index (χ4n) is 12.7. The van der Waals surface area contributed by atoms with E-state index in [2.05, 4.69) is 236 Å². The van der Waals surface area contributed by atoms with Crippen LogP contribution in [-0.2, 0) is 44.9 Å². The van der Waals surface area contributed by atoms with E-state index in [9.17, 15) is 33.6 Å². The lowest BCUT2D eigenvalue weighted by Crippen LogP contribution is -2.17. The third kappa shape index (κ3) is 29.8. The molecule has 120 heavy (non-hydrogen) atoms. The van der Waals surface area contributed by atoms with E-state index in [4.69, 9.17) is 29.8 Å². The van der Waals surface area contributed by atoms with Gasteiger partial charge in [-0.25, -0.2) is 39.7 Å². The third-order valence-corrected chi connectivity index (χ3v) is 18.6. The van der Waals surface area contributed by atoms with Crippen LogP contribution in [0.5, 0.6) is 0 Å². The minimum Gasteiger partial charge on any atom is -0.310 e. The van der Waals surface area contributed by atoms with Gasteiger partial charge in [-0.3, -0.25) is 33.6 Å². The maximum atomic E-state index is 12.0. The molecule has 14 rings (SSSR count). The number of nitrogens with zero attached hydrogens (tertiary/aromatic N) is 8. The first-order valence-corrected chi connectivity index (χ1v) is 41.5. The van der Waals surface area contributed by atoms with Gasteiger partial charge in [0.15, 0.2) is 5.69 Å². The first-order chi connectivity index (χ1) is 55.5. The number of hydrogen-bond acceptors (Lipinski definition) is 14. The van der Waals surface area contributed by atoms with Crippen molar-refractivity contribution in [2.45, 2.75) is 211 Å². The molecule has 7 aromatic heterocycles. The van der Waals surface area contributed by atoms with Gasteiger partial charge in [0.25, 0.3) is 38.9 Å². The summed E-state index contributed by atoms with van der Waals surface area (Å²) in [6.07, 6.45) is 5.24. The lowest BCUT2D eigenvalue weighted by molar-refractivity contribution is 0.400. The molecule has 7 aromatic carbocycles. The summed E-state index contributed by atoms with van der Waals surface area (Å²) < 4.78 is 0.890. The predicted octanol–water partition coefficient (Wildman–Crippen LogP) is 21.1. The van der Waals surface area contributed by atoms with E-state index in [0.29, 0.717) is 88.1 Å². The van der Waals surface area contributed by atoms with Crippen molar-refractivity contribution in [3.63, 3.8) is 0 Å². The number of rotatable bonds is 7. The van der Waals surface area contributed by atoms with Gasteiger partial charge in [-0.2, -0.15) is 0 Å². The maximum absolute atomic E-state index is 12.0. The second kappa shape index (κ2) is 38.6. The van der Waals surface area contributed by atoms with Crippen molar-refractivity contribution in [3.05, 3.63) is 283 Å². The van der Waals surface area contributed by atoms with Crippen molar-refractivity contribution < 1.29 is 0 Å². The van der Waals surface area contributed by atoms with Crippen LogP contribution < -0.4 is 38.9 Å². The zero-order chi connectivity index (χ0) is 89.1. The van der Waals surface area contributed by atoms with Gasteiger partial charge in [-0.05, 0) is 167 Å². The summed E-state index contributed by atoms with van der Waals surface area (Å²) in [7, 11) is 0. The lowest BCUT2D eigenvalue weighted by atomic mass is 9.92. The normalized spacial score (nSPS) is 11.9. The molecule has 0 saturated heterocycles. The van der Waals surface area contributed by atoms with Crippen molar-refractivity contribution in [2.24, 2.45) is 37.9 Å². The molecule has 0 fully saturated rings. The van der Waals surface area contributed by atoms with Crippen LogP contribution in [0.15, 0.2) is 165 Å². The Balaban J connectivity index is 0.000000174. The smallest absolute Gasteiger partial charge is 0.258 e. The molecule has 0 aliphatic carbocycles. The Bertz CT molecular complexity index is 6010.